The highest BCUT2D eigenvalue weighted by Gasteiger charge is 2.45. The van der Waals surface area contributed by atoms with Gasteiger partial charge in [-0.2, -0.15) is 0 Å². The summed E-state index contributed by atoms with van der Waals surface area (Å²) in [4.78, 5) is 2.35. The van der Waals surface area contributed by atoms with Crippen molar-refractivity contribution in [3.63, 3.8) is 0 Å². The monoisotopic (exact) mass is 713 g/mol. The van der Waals surface area contributed by atoms with Crippen LogP contribution >= 0.6 is 0 Å². The zero-order chi connectivity index (χ0) is 37.3. The van der Waals surface area contributed by atoms with Crippen molar-refractivity contribution in [3.05, 3.63) is 259 Å². The smallest absolute Gasteiger partial charge is 0.0713 e. The molecule has 9 aromatic rings. The predicted molar refractivity (Wildman–Crippen MR) is 235 cm³/mol. The Kier molecular flexibility index (Phi) is 8.46. The summed E-state index contributed by atoms with van der Waals surface area (Å²) in [5, 5.41) is 0. The second-order valence-electron chi connectivity index (χ2n) is 14.5. The van der Waals surface area contributed by atoms with Crippen LogP contribution in [0.25, 0.3) is 44.5 Å². The van der Waals surface area contributed by atoms with Gasteiger partial charge in [0, 0.05) is 17.1 Å². The van der Waals surface area contributed by atoms with Crippen molar-refractivity contribution >= 4 is 17.1 Å². The van der Waals surface area contributed by atoms with Gasteiger partial charge in [0.05, 0.1) is 5.41 Å². The topological polar surface area (TPSA) is 3.24 Å². The standard InChI is InChI=1S/C55H39N/c1-4-15-40(16-5-1)42-27-33-48(34-28-42)56(49-35-29-43(30-36-49)41-17-6-2-7-18-41)50-37-31-44(32-38-50)45-19-14-22-47(39-45)55(46-20-8-3-9-21-46)53-25-12-10-23-51(53)52-24-11-13-26-54(52)55/h1-39H. The summed E-state index contributed by atoms with van der Waals surface area (Å²) in [5.74, 6) is 0. The number of rotatable bonds is 8. The highest BCUT2D eigenvalue weighted by molar-refractivity contribution is 5.87. The van der Waals surface area contributed by atoms with E-state index in [2.05, 4.69) is 241 Å². The Morgan fingerprint density at radius 3 is 1.05 bits per heavy atom. The van der Waals surface area contributed by atoms with Crippen LogP contribution in [0.1, 0.15) is 22.3 Å². The molecule has 10 rings (SSSR count). The maximum atomic E-state index is 2.41. The minimum absolute atomic E-state index is 0.432. The van der Waals surface area contributed by atoms with E-state index in [4.69, 9.17) is 0 Å². The fraction of sp³-hybridized carbons (Fsp3) is 0.0182. The van der Waals surface area contributed by atoms with Gasteiger partial charge in [-0.3, -0.25) is 0 Å². The van der Waals surface area contributed by atoms with Crippen molar-refractivity contribution in [3.8, 4) is 44.5 Å². The van der Waals surface area contributed by atoms with Gasteiger partial charge in [0.25, 0.3) is 0 Å². The Morgan fingerprint density at radius 2 is 0.589 bits per heavy atom. The highest BCUT2D eigenvalue weighted by Crippen LogP contribution is 2.56. The Hall–Kier alpha value is -7.22. The van der Waals surface area contributed by atoms with E-state index < -0.39 is 5.41 Å². The Bertz CT molecular complexity index is 2620. The third-order valence-corrected chi connectivity index (χ3v) is 11.4. The molecule has 1 nitrogen and oxygen atoms in total. The molecule has 0 radical (unpaired) electrons. The first-order chi connectivity index (χ1) is 27.8. The largest absolute Gasteiger partial charge is 0.311 e. The third-order valence-electron chi connectivity index (χ3n) is 11.4. The van der Waals surface area contributed by atoms with Crippen molar-refractivity contribution in [2.24, 2.45) is 0 Å². The molecule has 0 aliphatic heterocycles. The highest BCUT2D eigenvalue weighted by atomic mass is 15.1. The lowest BCUT2D eigenvalue weighted by Crippen LogP contribution is -2.28. The fourth-order valence-corrected chi connectivity index (χ4v) is 8.76. The molecule has 1 aliphatic rings. The van der Waals surface area contributed by atoms with Crippen molar-refractivity contribution in [2.75, 3.05) is 4.90 Å². The summed E-state index contributed by atoms with van der Waals surface area (Å²) < 4.78 is 0. The SMILES string of the molecule is c1ccc(-c2ccc(N(c3ccc(-c4ccccc4)cc3)c3ccc(-c4cccc(C5(c6ccccc6)c6ccccc6-c6ccccc65)c4)cc3)cc2)cc1. The van der Waals surface area contributed by atoms with Crippen LogP contribution in [0.5, 0.6) is 0 Å². The fourth-order valence-electron chi connectivity index (χ4n) is 8.76. The number of nitrogens with zero attached hydrogens (tertiary/aromatic N) is 1. The molecule has 1 aliphatic carbocycles. The first-order valence-corrected chi connectivity index (χ1v) is 19.3. The molecule has 0 bridgehead atoms. The predicted octanol–water partition coefficient (Wildman–Crippen LogP) is 14.5. The molecule has 0 spiro atoms. The zero-order valence-corrected chi connectivity index (χ0v) is 31.0. The Labute approximate surface area is 329 Å². The van der Waals surface area contributed by atoms with E-state index in [1.807, 2.05) is 0 Å². The number of hydrogen-bond acceptors (Lipinski definition) is 1. The van der Waals surface area contributed by atoms with Gasteiger partial charge in [-0.05, 0) is 109 Å². The summed E-state index contributed by atoms with van der Waals surface area (Å²) in [6, 6.07) is 86.0. The van der Waals surface area contributed by atoms with Crippen LogP contribution in [0.2, 0.25) is 0 Å². The Balaban J connectivity index is 1.05. The number of anilines is 3. The van der Waals surface area contributed by atoms with E-state index in [1.165, 1.54) is 66.8 Å². The van der Waals surface area contributed by atoms with Crippen molar-refractivity contribution in [1.29, 1.82) is 0 Å². The summed E-state index contributed by atoms with van der Waals surface area (Å²) >= 11 is 0. The molecule has 264 valence electrons. The number of benzene rings is 9. The minimum atomic E-state index is -0.432. The summed E-state index contributed by atoms with van der Waals surface area (Å²) in [6.07, 6.45) is 0. The number of hydrogen-bond donors (Lipinski definition) is 0. The number of fused-ring (bicyclic) bond motifs is 3. The lowest BCUT2D eigenvalue weighted by molar-refractivity contribution is 0.769. The van der Waals surface area contributed by atoms with E-state index in [-0.39, 0.29) is 0 Å². The van der Waals surface area contributed by atoms with Gasteiger partial charge in [0.2, 0.25) is 0 Å². The molecule has 0 amide bonds. The molecule has 56 heavy (non-hydrogen) atoms. The van der Waals surface area contributed by atoms with Crippen LogP contribution in [0.3, 0.4) is 0 Å². The van der Waals surface area contributed by atoms with Crippen LogP contribution in [0.15, 0.2) is 237 Å². The molecule has 1 heteroatoms. The lowest BCUT2D eigenvalue weighted by atomic mass is 9.67. The maximum absolute atomic E-state index is 2.41. The van der Waals surface area contributed by atoms with Crippen LogP contribution in [0.4, 0.5) is 17.1 Å². The molecule has 0 saturated heterocycles. The third kappa shape index (κ3) is 5.73. The second-order valence-corrected chi connectivity index (χ2v) is 14.5. The summed E-state index contributed by atoms with van der Waals surface area (Å²) in [5.41, 5.74) is 17.9. The molecule has 0 N–H and O–H groups in total. The first-order valence-electron chi connectivity index (χ1n) is 19.3. The van der Waals surface area contributed by atoms with Crippen molar-refractivity contribution < 1.29 is 0 Å². The van der Waals surface area contributed by atoms with Gasteiger partial charge in [-0.25, -0.2) is 0 Å². The average Bonchev–Trinajstić information content (AvgIpc) is 3.59. The summed E-state index contributed by atoms with van der Waals surface area (Å²) in [6.45, 7) is 0. The van der Waals surface area contributed by atoms with E-state index in [9.17, 15) is 0 Å². The molecular weight excluding hydrogens is 675 g/mol. The quantitative estimate of drug-likeness (QED) is 0.152. The van der Waals surface area contributed by atoms with Gasteiger partial charge >= 0.3 is 0 Å². The van der Waals surface area contributed by atoms with Crippen molar-refractivity contribution in [2.45, 2.75) is 5.41 Å². The lowest BCUT2D eigenvalue weighted by Gasteiger charge is -2.34. The first kappa shape index (κ1) is 33.4. The van der Waals surface area contributed by atoms with E-state index in [0.717, 1.165) is 17.1 Å². The van der Waals surface area contributed by atoms with Gasteiger partial charge < -0.3 is 4.90 Å². The van der Waals surface area contributed by atoms with E-state index in [1.54, 1.807) is 0 Å². The molecule has 0 fully saturated rings. The maximum Gasteiger partial charge on any atom is 0.0713 e. The Morgan fingerprint density at radius 1 is 0.250 bits per heavy atom. The van der Waals surface area contributed by atoms with Gasteiger partial charge in [-0.1, -0.05) is 194 Å². The van der Waals surface area contributed by atoms with Crippen LogP contribution in [-0.4, -0.2) is 0 Å². The molecular formula is C55H39N. The molecule has 9 aromatic carbocycles. The average molecular weight is 714 g/mol. The molecule has 0 unspecified atom stereocenters. The van der Waals surface area contributed by atoms with Gasteiger partial charge in [0.15, 0.2) is 0 Å². The van der Waals surface area contributed by atoms with Gasteiger partial charge in [0.1, 0.15) is 0 Å². The van der Waals surface area contributed by atoms with Crippen LogP contribution in [0, 0.1) is 0 Å². The van der Waals surface area contributed by atoms with Gasteiger partial charge in [-0.15, -0.1) is 0 Å². The van der Waals surface area contributed by atoms with Crippen LogP contribution in [-0.2, 0) is 5.41 Å². The molecule has 0 aromatic heterocycles. The van der Waals surface area contributed by atoms with E-state index >= 15 is 0 Å². The van der Waals surface area contributed by atoms with Crippen LogP contribution < -0.4 is 4.90 Å². The molecule has 0 saturated carbocycles. The second kappa shape index (κ2) is 14.2. The van der Waals surface area contributed by atoms with Crippen molar-refractivity contribution in [1.82, 2.24) is 0 Å². The minimum Gasteiger partial charge on any atom is -0.311 e. The zero-order valence-electron chi connectivity index (χ0n) is 31.0. The normalized spacial score (nSPS) is 12.4. The summed E-state index contributed by atoms with van der Waals surface area (Å²) in [7, 11) is 0. The van der Waals surface area contributed by atoms with E-state index in [0.29, 0.717) is 0 Å². The molecule has 0 heterocycles. The molecule has 0 atom stereocenters.